The second-order valence-electron chi connectivity index (χ2n) is 7.43. The first-order chi connectivity index (χ1) is 15.5. The van der Waals surface area contributed by atoms with Crippen LogP contribution in [-0.4, -0.2) is 41.8 Å². The molecule has 0 bridgehead atoms. The Hall–Kier alpha value is -3.88. The van der Waals surface area contributed by atoms with Gasteiger partial charge in [0, 0.05) is 18.7 Å². The fourth-order valence-electron chi connectivity index (χ4n) is 3.40. The number of hydrogen-bond donors (Lipinski definition) is 1. The molecule has 1 aromatic heterocycles. The maximum Gasteiger partial charge on any atom is 0.322 e. The fourth-order valence-corrected chi connectivity index (χ4v) is 3.40. The van der Waals surface area contributed by atoms with Crippen LogP contribution >= 0.6 is 0 Å². The lowest BCUT2D eigenvalue weighted by Gasteiger charge is -2.16. The van der Waals surface area contributed by atoms with Crippen LogP contribution in [0.1, 0.15) is 30.7 Å². The Labute approximate surface area is 185 Å². The van der Waals surface area contributed by atoms with E-state index in [4.69, 9.17) is 13.9 Å². The molecule has 1 atom stereocenters. The third-order valence-corrected chi connectivity index (χ3v) is 5.01. The minimum Gasteiger partial charge on any atom is -0.494 e. The van der Waals surface area contributed by atoms with E-state index in [9.17, 15) is 9.59 Å². The van der Waals surface area contributed by atoms with E-state index >= 15 is 0 Å². The number of anilines is 2. The molecule has 2 aromatic carbocycles. The number of aromatic nitrogens is 2. The van der Waals surface area contributed by atoms with Crippen molar-refractivity contribution in [2.75, 3.05) is 30.0 Å². The minimum absolute atomic E-state index is 0.0236. The van der Waals surface area contributed by atoms with Gasteiger partial charge in [-0.1, -0.05) is 22.8 Å². The van der Waals surface area contributed by atoms with Gasteiger partial charge in [-0.2, -0.15) is 0 Å². The smallest absolute Gasteiger partial charge is 0.322 e. The molecular weight excluding hydrogens is 412 g/mol. The highest BCUT2D eigenvalue weighted by molar-refractivity contribution is 5.96. The van der Waals surface area contributed by atoms with Crippen LogP contribution in [0.25, 0.3) is 0 Å². The average molecular weight is 436 g/mol. The number of carbonyl (C=O) groups is 2. The zero-order valence-corrected chi connectivity index (χ0v) is 17.9. The molecule has 1 saturated heterocycles. The van der Waals surface area contributed by atoms with E-state index in [-0.39, 0.29) is 30.9 Å². The number of benzene rings is 2. The van der Waals surface area contributed by atoms with E-state index in [2.05, 4.69) is 15.5 Å². The second-order valence-corrected chi connectivity index (χ2v) is 7.43. The van der Waals surface area contributed by atoms with Crippen molar-refractivity contribution in [2.45, 2.75) is 26.2 Å². The molecule has 0 unspecified atom stereocenters. The van der Waals surface area contributed by atoms with E-state index in [1.165, 1.54) is 0 Å². The third-order valence-electron chi connectivity index (χ3n) is 5.01. The molecule has 0 radical (unpaired) electrons. The highest BCUT2D eigenvalue weighted by Gasteiger charge is 2.35. The van der Waals surface area contributed by atoms with Crippen molar-refractivity contribution in [3.8, 4) is 11.5 Å². The van der Waals surface area contributed by atoms with Crippen LogP contribution < -0.4 is 19.7 Å². The van der Waals surface area contributed by atoms with Gasteiger partial charge in [0.25, 0.3) is 5.91 Å². The van der Waals surface area contributed by atoms with Crippen molar-refractivity contribution in [2.24, 2.45) is 0 Å². The van der Waals surface area contributed by atoms with Gasteiger partial charge in [-0.05, 0) is 50.2 Å². The molecule has 32 heavy (non-hydrogen) atoms. The van der Waals surface area contributed by atoms with Gasteiger partial charge in [0.15, 0.2) is 6.61 Å². The standard InChI is InChI=1S/C23H24N4O5/c1-3-30-18-10-6-17(7-11-18)27-13-16(12-21(27)29)22-25-26-23(32-22)24-20(28)14-31-19-8-4-15(2)5-9-19/h4-11,16H,3,12-14H2,1-2H3,(H,24,26,28)/t16-/m0/s1. The molecule has 1 aliphatic rings. The summed E-state index contributed by atoms with van der Waals surface area (Å²) >= 11 is 0. The number of ether oxygens (including phenoxy) is 2. The van der Waals surface area contributed by atoms with Gasteiger partial charge in [0.1, 0.15) is 11.5 Å². The summed E-state index contributed by atoms with van der Waals surface area (Å²) in [5, 5.41) is 10.4. The number of hydrogen-bond acceptors (Lipinski definition) is 7. The van der Waals surface area contributed by atoms with Crippen molar-refractivity contribution in [3.05, 3.63) is 60.0 Å². The van der Waals surface area contributed by atoms with Gasteiger partial charge in [0.2, 0.25) is 11.8 Å². The molecule has 2 amide bonds. The lowest BCUT2D eigenvalue weighted by Crippen LogP contribution is -2.24. The summed E-state index contributed by atoms with van der Waals surface area (Å²) in [4.78, 5) is 26.3. The van der Waals surface area contributed by atoms with E-state index in [1.807, 2.05) is 50.2 Å². The summed E-state index contributed by atoms with van der Waals surface area (Å²) in [5.74, 6) is 0.949. The fraction of sp³-hybridized carbons (Fsp3) is 0.304. The average Bonchev–Trinajstić information content (AvgIpc) is 3.41. The largest absolute Gasteiger partial charge is 0.494 e. The lowest BCUT2D eigenvalue weighted by atomic mass is 10.1. The molecule has 1 N–H and O–H groups in total. The van der Waals surface area contributed by atoms with Crippen molar-refractivity contribution in [1.82, 2.24) is 10.2 Å². The number of nitrogens with zero attached hydrogens (tertiary/aromatic N) is 3. The van der Waals surface area contributed by atoms with Gasteiger partial charge >= 0.3 is 6.01 Å². The molecule has 9 heteroatoms. The Bertz CT molecular complexity index is 1080. The van der Waals surface area contributed by atoms with Gasteiger partial charge in [-0.25, -0.2) is 0 Å². The highest BCUT2D eigenvalue weighted by atomic mass is 16.5. The summed E-state index contributed by atoms with van der Waals surface area (Å²) < 4.78 is 16.5. The van der Waals surface area contributed by atoms with Gasteiger partial charge < -0.3 is 18.8 Å². The highest BCUT2D eigenvalue weighted by Crippen LogP contribution is 2.32. The number of aryl methyl sites for hydroxylation is 1. The summed E-state index contributed by atoms with van der Waals surface area (Å²) in [6, 6.07) is 14.7. The summed E-state index contributed by atoms with van der Waals surface area (Å²) in [6.07, 6.45) is 0.249. The molecule has 0 spiro atoms. The second kappa shape index (κ2) is 9.51. The van der Waals surface area contributed by atoms with E-state index in [0.29, 0.717) is 24.8 Å². The zero-order valence-electron chi connectivity index (χ0n) is 17.9. The number of carbonyl (C=O) groups excluding carboxylic acids is 2. The van der Waals surface area contributed by atoms with Crippen LogP contribution in [0.4, 0.5) is 11.7 Å². The zero-order chi connectivity index (χ0) is 22.5. The summed E-state index contributed by atoms with van der Waals surface area (Å²) in [5.41, 5.74) is 1.88. The minimum atomic E-state index is -0.417. The Balaban J connectivity index is 1.32. The monoisotopic (exact) mass is 436 g/mol. The Morgan fingerprint density at radius 3 is 2.50 bits per heavy atom. The molecule has 0 saturated carbocycles. The predicted molar refractivity (Wildman–Crippen MR) is 117 cm³/mol. The normalized spacial score (nSPS) is 15.6. The molecule has 3 aromatic rings. The van der Waals surface area contributed by atoms with Gasteiger partial charge in [-0.15, -0.1) is 5.10 Å². The van der Waals surface area contributed by atoms with Crippen LogP contribution in [0.3, 0.4) is 0 Å². The third kappa shape index (κ3) is 5.05. The maximum atomic E-state index is 12.5. The topological polar surface area (TPSA) is 107 Å². The Morgan fingerprint density at radius 1 is 1.09 bits per heavy atom. The van der Waals surface area contributed by atoms with E-state index in [0.717, 1.165) is 17.0 Å². The predicted octanol–water partition coefficient (Wildman–Crippen LogP) is 3.31. The van der Waals surface area contributed by atoms with Crippen molar-refractivity contribution >= 4 is 23.5 Å². The van der Waals surface area contributed by atoms with Crippen LogP contribution in [0.15, 0.2) is 52.9 Å². The van der Waals surface area contributed by atoms with Crippen molar-refractivity contribution in [3.63, 3.8) is 0 Å². The number of rotatable bonds is 8. The first-order valence-electron chi connectivity index (χ1n) is 10.4. The van der Waals surface area contributed by atoms with Crippen molar-refractivity contribution < 1.29 is 23.5 Å². The van der Waals surface area contributed by atoms with Crippen LogP contribution in [-0.2, 0) is 9.59 Å². The number of nitrogens with one attached hydrogen (secondary N) is 1. The summed E-state index contributed by atoms with van der Waals surface area (Å²) in [7, 11) is 0. The Kier molecular flexibility index (Phi) is 6.34. The van der Waals surface area contributed by atoms with Gasteiger partial charge in [-0.3, -0.25) is 14.9 Å². The van der Waals surface area contributed by atoms with Crippen LogP contribution in [0, 0.1) is 6.92 Å². The Morgan fingerprint density at radius 2 is 1.78 bits per heavy atom. The molecule has 0 aliphatic carbocycles. The molecule has 1 fully saturated rings. The molecular formula is C23H24N4O5. The first-order valence-corrected chi connectivity index (χ1v) is 10.4. The van der Waals surface area contributed by atoms with Gasteiger partial charge in [0.05, 0.1) is 12.5 Å². The molecule has 166 valence electrons. The molecule has 9 nitrogen and oxygen atoms in total. The van der Waals surface area contributed by atoms with Crippen molar-refractivity contribution in [1.29, 1.82) is 0 Å². The molecule has 2 heterocycles. The summed E-state index contributed by atoms with van der Waals surface area (Å²) in [6.45, 7) is 4.70. The number of amides is 2. The maximum absolute atomic E-state index is 12.5. The van der Waals surface area contributed by atoms with E-state index < -0.39 is 5.91 Å². The van der Waals surface area contributed by atoms with Crippen LogP contribution in [0.2, 0.25) is 0 Å². The van der Waals surface area contributed by atoms with Crippen LogP contribution in [0.5, 0.6) is 11.5 Å². The SMILES string of the molecule is CCOc1ccc(N2C[C@@H](c3nnc(NC(=O)COc4ccc(C)cc4)o3)CC2=O)cc1. The molecule has 1 aliphatic heterocycles. The lowest BCUT2D eigenvalue weighted by molar-refractivity contribution is -0.118. The first kappa shape index (κ1) is 21.4. The molecule has 4 rings (SSSR count). The quantitative estimate of drug-likeness (QED) is 0.577. The van der Waals surface area contributed by atoms with E-state index in [1.54, 1.807) is 17.0 Å².